The molecule has 0 radical (unpaired) electrons. The monoisotopic (exact) mass is 274 g/mol. The van der Waals surface area contributed by atoms with Gasteiger partial charge in [0.15, 0.2) is 0 Å². The smallest absolute Gasteiger partial charge is 0.304 e. The summed E-state index contributed by atoms with van der Waals surface area (Å²) in [5.41, 5.74) is -0.293. The third-order valence-corrected chi connectivity index (χ3v) is 2.74. The van der Waals surface area contributed by atoms with E-state index in [2.05, 4.69) is 15.9 Å². The van der Waals surface area contributed by atoms with Gasteiger partial charge in [-0.15, -0.1) is 0 Å². The Kier molecular flexibility index (Phi) is 3.50. The maximum absolute atomic E-state index is 13.5. The topological polar surface area (TPSA) is 37.3 Å². The van der Waals surface area contributed by atoms with Gasteiger partial charge in [0.05, 0.1) is 6.42 Å². The molecule has 1 aromatic rings. The molecule has 0 aliphatic heterocycles. The molecule has 0 aliphatic rings. The maximum Gasteiger partial charge on any atom is 0.304 e. The van der Waals surface area contributed by atoms with Crippen LogP contribution in [0.25, 0.3) is 0 Å². The summed E-state index contributed by atoms with van der Waals surface area (Å²) in [6, 6.07) is 4.55. The molecular weight excluding hydrogens is 263 g/mol. The molecule has 15 heavy (non-hydrogen) atoms. The van der Waals surface area contributed by atoms with E-state index in [1.165, 1.54) is 6.07 Å². The molecule has 0 heterocycles. The van der Waals surface area contributed by atoms with E-state index in [0.29, 0.717) is 5.56 Å². The third-order valence-electron chi connectivity index (χ3n) is 2.25. The highest BCUT2D eigenvalue weighted by Gasteiger charge is 2.27. The standard InChI is InChI=1S/C11H12BrFO2/c1-11(2,6-10(14)15)8-5-7(12)3-4-9(8)13/h3-5H,6H2,1-2H3,(H,14,15). The second-order valence-corrected chi connectivity index (χ2v) is 4.99. The lowest BCUT2D eigenvalue weighted by molar-refractivity contribution is -0.138. The largest absolute Gasteiger partial charge is 0.481 e. The zero-order valence-corrected chi connectivity index (χ0v) is 10.1. The number of halogens is 2. The second-order valence-electron chi connectivity index (χ2n) is 4.08. The van der Waals surface area contributed by atoms with Crippen molar-refractivity contribution in [3.8, 4) is 0 Å². The minimum Gasteiger partial charge on any atom is -0.481 e. The van der Waals surface area contributed by atoms with Crippen LogP contribution >= 0.6 is 15.9 Å². The van der Waals surface area contributed by atoms with Crippen LogP contribution in [0.1, 0.15) is 25.8 Å². The molecule has 82 valence electrons. The zero-order chi connectivity index (χ0) is 11.6. The van der Waals surface area contributed by atoms with Gasteiger partial charge in [-0.3, -0.25) is 4.79 Å². The van der Waals surface area contributed by atoms with E-state index in [0.717, 1.165) is 4.47 Å². The Hall–Kier alpha value is -0.900. The zero-order valence-electron chi connectivity index (χ0n) is 8.55. The summed E-state index contributed by atoms with van der Waals surface area (Å²) in [5, 5.41) is 8.74. The number of hydrogen-bond donors (Lipinski definition) is 1. The molecule has 1 N–H and O–H groups in total. The van der Waals surface area contributed by atoms with Crippen LogP contribution < -0.4 is 0 Å². The van der Waals surface area contributed by atoms with E-state index in [4.69, 9.17) is 5.11 Å². The molecule has 0 aromatic heterocycles. The van der Waals surface area contributed by atoms with Crippen molar-refractivity contribution in [1.29, 1.82) is 0 Å². The Bertz CT molecular complexity index is 388. The first kappa shape index (κ1) is 12.2. The molecule has 0 saturated heterocycles. The van der Waals surface area contributed by atoms with Gasteiger partial charge in [0.1, 0.15) is 5.82 Å². The van der Waals surface area contributed by atoms with E-state index in [1.807, 2.05) is 0 Å². The number of aliphatic carboxylic acids is 1. The second kappa shape index (κ2) is 4.31. The Balaban J connectivity index is 3.13. The van der Waals surface area contributed by atoms with Crippen LogP contribution in [-0.2, 0) is 10.2 Å². The molecule has 4 heteroatoms. The van der Waals surface area contributed by atoms with E-state index in [1.54, 1.807) is 26.0 Å². The molecule has 0 unspecified atom stereocenters. The first-order valence-corrected chi connectivity index (χ1v) is 5.29. The Morgan fingerprint density at radius 2 is 2.13 bits per heavy atom. The molecule has 0 spiro atoms. The average molecular weight is 275 g/mol. The molecule has 0 amide bonds. The van der Waals surface area contributed by atoms with Crippen molar-refractivity contribution >= 4 is 21.9 Å². The minimum absolute atomic E-state index is 0.0969. The predicted octanol–water partition coefficient (Wildman–Crippen LogP) is 3.34. The molecule has 0 saturated carbocycles. The van der Waals surface area contributed by atoms with Crippen molar-refractivity contribution in [2.24, 2.45) is 0 Å². The van der Waals surface area contributed by atoms with Crippen molar-refractivity contribution < 1.29 is 14.3 Å². The summed E-state index contributed by atoms with van der Waals surface area (Å²) in [7, 11) is 0. The van der Waals surface area contributed by atoms with Crippen LogP contribution in [0.5, 0.6) is 0 Å². The van der Waals surface area contributed by atoms with Crippen molar-refractivity contribution in [3.63, 3.8) is 0 Å². The van der Waals surface area contributed by atoms with Crippen LogP contribution in [0.2, 0.25) is 0 Å². The first-order valence-electron chi connectivity index (χ1n) is 4.50. The van der Waals surface area contributed by atoms with Gasteiger partial charge in [-0.2, -0.15) is 0 Å². The normalized spacial score (nSPS) is 11.5. The van der Waals surface area contributed by atoms with Crippen LogP contribution in [0.4, 0.5) is 4.39 Å². The number of benzene rings is 1. The van der Waals surface area contributed by atoms with Gasteiger partial charge >= 0.3 is 5.97 Å². The van der Waals surface area contributed by atoms with Gasteiger partial charge in [-0.25, -0.2) is 4.39 Å². The summed E-state index contributed by atoms with van der Waals surface area (Å²) < 4.78 is 14.2. The van der Waals surface area contributed by atoms with E-state index in [-0.39, 0.29) is 12.2 Å². The molecule has 0 bridgehead atoms. The van der Waals surface area contributed by atoms with Crippen LogP contribution in [0.3, 0.4) is 0 Å². The minimum atomic E-state index is -0.931. The quantitative estimate of drug-likeness (QED) is 0.918. The SMILES string of the molecule is CC(C)(CC(=O)O)c1cc(Br)ccc1F. The summed E-state index contributed by atoms with van der Waals surface area (Å²) in [6.07, 6.45) is -0.0969. The Labute approximate surface area is 96.2 Å². The number of carboxylic acid groups (broad SMARTS) is 1. The molecule has 1 rings (SSSR count). The van der Waals surface area contributed by atoms with Crippen molar-refractivity contribution in [1.82, 2.24) is 0 Å². The van der Waals surface area contributed by atoms with E-state index < -0.39 is 11.4 Å². The van der Waals surface area contributed by atoms with Crippen molar-refractivity contribution in [2.75, 3.05) is 0 Å². The van der Waals surface area contributed by atoms with Gasteiger partial charge in [0, 0.05) is 9.89 Å². The maximum atomic E-state index is 13.5. The number of carbonyl (C=O) groups is 1. The summed E-state index contributed by atoms with van der Waals surface area (Å²) in [6.45, 7) is 3.43. The number of hydrogen-bond acceptors (Lipinski definition) is 1. The highest BCUT2D eigenvalue weighted by Crippen LogP contribution is 2.31. The fourth-order valence-electron chi connectivity index (χ4n) is 1.49. The van der Waals surface area contributed by atoms with Crippen LogP contribution in [0.15, 0.2) is 22.7 Å². The highest BCUT2D eigenvalue weighted by atomic mass is 79.9. The highest BCUT2D eigenvalue weighted by molar-refractivity contribution is 9.10. The van der Waals surface area contributed by atoms with Crippen molar-refractivity contribution in [2.45, 2.75) is 25.7 Å². The van der Waals surface area contributed by atoms with E-state index >= 15 is 0 Å². The van der Waals surface area contributed by atoms with Gasteiger partial charge in [-0.1, -0.05) is 29.8 Å². The first-order chi connectivity index (χ1) is 6.83. The predicted molar refractivity (Wildman–Crippen MR) is 59.4 cm³/mol. The molecule has 0 atom stereocenters. The Morgan fingerprint density at radius 3 is 2.67 bits per heavy atom. The van der Waals surface area contributed by atoms with Gasteiger partial charge < -0.3 is 5.11 Å². The van der Waals surface area contributed by atoms with Crippen molar-refractivity contribution in [3.05, 3.63) is 34.1 Å². The molecular formula is C11H12BrFO2. The summed E-state index contributed by atoms with van der Waals surface area (Å²) >= 11 is 3.24. The molecule has 1 aromatic carbocycles. The van der Waals surface area contributed by atoms with Crippen LogP contribution in [-0.4, -0.2) is 11.1 Å². The number of rotatable bonds is 3. The van der Waals surface area contributed by atoms with Gasteiger partial charge in [0.2, 0.25) is 0 Å². The van der Waals surface area contributed by atoms with Gasteiger partial charge in [0.25, 0.3) is 0 Å². The fourth-order valence-corrected chi connectivity index (χ4v) is 1.85. The summed E-state index contributed by atoms with van der Waals surface area (Å²) in [4.78, 5) is 10.7. The summed E-state index contributed by atoms with van der Waals surface area (Å²) in [5.74, 6) is -1.30. The average Bonchev–Trinajstić information content (AvgIpc) is 2.06. The molecule has 2 nitrogen and oxygen atoms in total. The Morgan fingerprint density at radius 1 is 1.53 bits per heavy atom. The molecule has 0 fully saturated rings. The number of carboxylic acids is 1. The third kappa shape index (κ3) is 3.02. The van der Waals surface area contributed by atoms with E-state index in [9.17, 15) is 9.18 Å². The van der Waals surface area contributed by atoms with Crippen LogP contribution in [0, 0.1) is 5.82 Å². The molecule has 0 aliphatic carbocycles. The van der Waals surface area contributed by atoms with Gasteiger partial charge in [-0.05, 0) is 23.8 Å². The lowest BCUT2D eigenvalue weighted by Gasteiger charge is -2.23. The lowest BCUT2D eigenvalue weighted by Crippen LogP contribution is -2.23. The lowest BCUT2D eigenvalue weighted by atomic mass is 9.81. The fraction of sp³-hybridized carbons (Fsp3) is 0.364.